The Bertz CT molecular complexity index is 210. The van der Waals surface area contributed by atoms with Crippen LogP contribution in [-0.4, -0.2) is 28.6 Å². The fourth-order valence-electron chi connectivity index (χ4n) is 2.15. The summed E-state index contributed by atoms with van der Waals surface area (Å²) < 4.78 is 2.65. The van der Waals surface area contributed by atoms with Crippen LogP contribution in [0.2, 0.25) is 0 Å². The highest BCUT2D eigenvalue weighted by molar-refractivity contribution is 7.55. The molecule has 2 nitrogen and oxygen atoms in total. The lowest BCUT2D eigenvalue weighted by Gasteiger charge is -2.40. The number of nitriles is 1. The maximum atomic E-state index is 8.62. The Balaban J connectivity index is 4.53. The molecule has 0 aliphatic carbocycles. The average molecular weight is 242 g/mol. The van der Waals surface area contributed by atoms with E-state index >= 15 is 0 Å². The summed E-state index contributed by atoms with van der Waals surface area (Å²) in [4.78, 5) is 0. The van der Waals surface area contributed by atoms with Gasteiger partial charge in [-0.25, -0.2) is 0 Å². The summed E-state index contributed by atoms with van der Waals surface area (Å²) >= 11 is 0. The van der Waals surface area contributed by atoms with Gasteiger partial charge in [-0.3, -0.25) is 4.67 Å². The molecule has 0 fully saturated rings. The van der Waals surface area contributed by atoms with Gasteiger partial charge in [-0.15, -0.1) is 0 Å². The third-order valence-corrected chi connectivity index (χ3v) is 6.11. The van der Waals surface area contributed by atoms with E-state index in [1.165, 1.54) is 6.16 Å². The van der Waals surface area contributed by atoms with Crippen molar-refractivity contribution in [2.75, 3.05) is 6.16 Å². The van der Waals surface area contributed by atoms with E-state index in [4.69, 9.17) is 5.26 Å². The predicted octanol–water partition coefficient (Wildman–Crippen LogP) is 4.21. The van der Waals surface area contributed by atoms with Gasteiger partial charge in [0.2, 0.25) is 0 Å². The van der Waals surface area contributed by atoms with Gasteiger partial charge in [0.15, 0.2) is 0 Å². The standard InChI is InChI=1S/C13H27N2P/c1-11(2)15(12(3)4)16(13(5)6)10-8-7-9-14/h11-13H,7-8,10H2,1-6H3. The Morgan fingerprint density at radius 2 is 1.56 bits per heavy atom. The van der Waals surface area contributed by atoms with Crippen LogP contribution >= 0.6 is 8.07 Å². The van der Waals surface area contributed by atoms with E-state index in [0.717, 1.165) is 12.1 Å². The summed E-state index contributed by atoms with van der Waals surface area (Å²) in [6.07, 6.45) is 2.96. The van der Waals surface area contributed by atoms with Crippen molar-refractivity contribution in [3.05, 3.63) is 0 Å². The van der Waals surface area contributed by atoms with Crippen molar-refractivity contribution in [1.82, 2.24) is 4.67 Å². The second-order valence-electron chi connectivity index (χ2n) is 5.09. The summed E-state index contributed by atoms with van der Waals surface area (Å²) in [5, 5.41) is 8.62. The topological polar surface area (TPSA) is 27.0 Å². The smallest absolute Gasteiger partial charge is 0.0621 e. The molecule has 94 valence electrons. The maximum Gasteiger partial charge on any atom is 0.0621 e. The molecule has 0 bridgehead atoms. The summed E-state index contributed by atoms with van der Waals surface area (Å²) in [5.74, 6) is 0. The van der Waals surface area contributed by atoms with Crippen molar-refractivity contribution < 1.29 is 0 Å². The molecule has 0 aromatic carbocycles. The van der Waals surface area contributed by atoms with E-state index in [1.807, 2.05) is 0 Å². The van der Waals surface area contributed by atoms with Gasteiger partial charge >= 0.3 is 0 Å². The molecule has 0 aromatic heterocycles. The van der Waals surface area contributed by atoms with Crippen LogP contribution in [0.25, 0.3) is 0 Å². The average Bonchev–Trinajstić information content (AvgIpc) is 2.14. The fraction of sp³-hybridized carbons (Fsp3) is 0.923. The first-order valence-electron chi connectivity index (χ1n) is 6.33. The van der Waals surface area contributed by atoms with Crippen molar-refractivity contribution >= 4 is 8.07 Å². The number of hydrogen-bond donors (Lipinski definition) is 0. The zero-order valence-electron chi connectivity index (χ0n) is 11.7. The van der Waals surface area contributed by atoms with Crippen molar-refractivity contribution in [2.45, 2.75) is 72.1 Å². The van der Waals surface area contributed by atoms with Gasteiger partial charge in [-0.1, -0.05) is 13.8 Å². The van der Waals surface area contributed by atoms with Crippen molar-refractivity contribution in [3.8, 4) is 6.07 Å². The minimum atomic E-state index is -0.0914. The first-order chi connectivity index (χ1) is 7.41. The summed E-state index contributed by atoms with van der Waals surface area (Å²) in [7, 11) is -0.0914. The van der Waals surface area contributed by atoms with Crippen molar-refractivity contribution in [3.63, 3.8) is 0 Å². The van der Waals surface area contributed by atoms with E-state index in [0.29, 0.717) is 18.5 Å². The molecule has 0 N–H and O–H groups in total. The van der Waals surface area contributed by atoms with E-state index in [-0.39, 0.29) is 8.07 Å². The first kappa shape index (κ1) is 15.9. The fourth-order valence-corrected chi connectivity index (χ4v) is 5.10. The molecule has 0 heterocycles. The molecule has 0 saturated carbocycles. The van der Waals surface area contributed by atoms with Crippen LogP contribution in [0.5, 0.6) is 0 Å². The minimum absolute atomic E-state index is 0.0914. The molecule has 3 heteroatoms. The molecule has 0 aliphatic rings. The monoisotopic (exact) mass is 242 g/mol. The van der Waals surface area contributed by atoms with Crippen LogP contribution in [0.3, 0.4) is 0 Å². The molecule has 0 aliphatic heterocycles. The van der Waals surface area contributed by atoms with Gasteiger partial charge in [0, 0.05) is 18.5 Å². The van der Waals surface area contributed by atoms with E-state index in [9.17, 15) is 0 Å². The quantitative estimate of drug-likeness (QED) is 0.494. The van der Waals surface area contributed by atoms with E-state index < -0.39 is 0 Å². The van der Waals surface area contributed by atoms with E-state index in [1.54, 1.807) is 0 Å². The first-order valence-corrected chi connectivity index (χ1v) is 7.88. The largest absolute Gasteiger partial charge is 0.277 e. The zero-order valence-corrected chi connectivity index (χ0v) is 12.6. The highest BCUT2D eigenvalue weighted by Crippen LogP contribution is 2.48. The van der Waals surface area contributed by atoms with Gasteiger partial charge in [0.25, 0.3) is 0 Å². The zero-order chi connectivity index (χ0) is 12.7. The highest BCUT2D eigenvalue weighted by Gasteiger charge is 2.25. The number of rotatable bonds is 7. The van der Waals surface area contributed by atoms with Gasteiger partial charge in [-0.2, -0.15) is 5.26 Å². The van der Waals surface area contributed by atoms with Crippen LogP contribution in [0, 0.1) is 11.3 Å². The Morgan fingerprint density at radius 1 is 1.06 bits per heavy atom. The Morgan fingerprint density at radius 3 is 1.88 bits per heavy atom. The van der Waals surface area contributed by atoms with Crippen molar-refractivity contribution in [2.24, 2.45) is 0 Å². The third-order valence-electron chi connectivity index (χ3n) is 2.63. The normalized spacial score (nSPS) is 13.8. The van der Waals surface area contributed by atoms with Crippen LogP contribution in [-0.2, 0) is 0 Å². The van der Waals surface area contributed by atoms with E-state index in [2.05, 4.69) is 52.3 Å². The van der Waals surface area contributed by atoms with Crippen LogP contribution in [0.4, 0.5) is 0 Å². The summed E-state index contributed by atoms with van der Waals surface area (Å²) in [6.45, 7) is 13.7. The molecule has 1 atom stereocenters. The molecule has 0 aromatic rings. The molecule has 0 saturated heterocycles. The lowest BCUT2D eigenvalue weighted by atomic mass is 10.3. The SMILES string of the molecule is CC(C)N(C(C)C)P(CCCC#N)C(C)C. The molecular formula is C13H27N2P. The van der Waals surface area contributed by atoms with Crippen LogP contribution in [0.1, 0.15) is 54.4 Å². The van der Waals surface area contributed by atoms with Gasteiger partial charge in [-0.05, 0) is 54.0 Å². The summed E-state index contributed by atoms with van der Waals surface area (Å²) in [5.41, 5.74) is 0.721. The second kappa shape index (κ2) is 8.04. The number of nitrogens with zero attached hydrogens (tertiary/aromatic N) is 2. The van der Waals surface area contributed by atoms with Crippen molar-refractivity contribution in [1.29, 1.82) is 5.26 Å². The predicted molar refractivity (Wildman–Crippen MR) is 73.9 cm³/mol. The lowest BCUT2D eigenvalue weighted by molar-refractivity contribution is 0.319. The third kappa shape index (κ3) is 5.28. The van der Waals surface area contributed by atoms with Crippen LogP contribution < -0.4 is 0 Å². The highest BCUT2D eigenvalue weighted by atomic mass is 31.1. The molecule has 0 rings (SSSR count). The molecular weight excluding hydrogens is 215 g/mol. The molecule has 0 radical (unpaired) electrons. The number of hydrogen-bond acceptors (Lipinski definition) is 2. The molecule has 0 spiro atoms. The molecule has 0 amide bonds. The Hall–Kier alpha value is -0.120. The van der Waals surface area contributed by atoms with Gasteiger partial charge < -0.3 is 0 Å². The van der Waals surface area contributed by atoms with Crippen LogP contribution in [0.15, 0.2) is 0 Å². The Kier molecular flexibility index (Phi) is 7.98. The maximum absolute atomic E-state index is 8.62. The molecule has 1 unspecified atom stereocenters. The second-order valence-corrected chi connectivity index (χ2v) is 7.91. The minimum Gasteiger partial charge on any atom is -0.277 e. The lowest BCUT2D eigenvalue weighted by Crippen LogP contribution is -2.35. The van der Waals surface area contributed by atoms with Gasteiger partial charge in [0.05, 0.1) is 6.07 Å². The number of unbranched alkanes of at least 4 members (excludes halogenated alkanes) is 1. The summed E-state index contributed by atoms with van der Waals surface area (Å²) in [6, 6.07) is 3.47. The Labute approximate surface area is 103 Å². The van der Waals surface area contributed by atoms with Gasteiger partial charge in [0.1, 0.15) is 0 Å². The molecule has 16 heavy (non-hydrogen) atoms.